The van der Waals surface area contributed by atoms with Crippen LogP contribution < -0.4 is 10.6 Å². The number of fused-ring (bicyclic) bond motifs is 1. The van der Waals surface area contributed by atoms with Crippen molar-refractivity contribution in [2.24, 2.45) is 17.8 Å². The number of aliphatic hydroxyl groups excluding tert-OH is 1. The van der Waals surface area contributed by atoms with Crippen LogP contribution in [0, 0.1) is 31.6 Å². The molecule has 1 spiro atoms. The number of aliphatic hydroxyl groups is 1. The second-order valence-electron chi connectivity index (χ2n) is 11.5. The van der Waals surface area contributed by atoms with Gasteiger partial charge in [0.25, 0.3) is 0 Å². The number of benzene rings is 2. The highest BCUT2D eigenvalue weighted by molar-refractivity contribution is 9.09. The van der Waals surface area contributed by atoms with Gasteiger partial charge in [-0.3, -0.25) is 14.4 Å². The van der Waals surface area contributed by atoms with Crippen molar-refractivity contribution in [3.63, 3.8) is 0 Å². The van der Waals surface area contributed by atoms with E-state index >= 15 is 0 Å². The Kier molecular flexibility index (Phi) is 7.61. The van der Waals surface area contributed by atoms with Gasteiger partial charge in [0.2, 0.25) is 17.7 Å². The summed E-state index contributed by atoms with van der Waals surface area (Å²) < 4.78 is 6.59. The summed E-state index contributed by atoms with van der Waals surface area (Å²) in [6, 6.07) is 13.3. The third-order valence-corrected chi connectivity index (χ3v) is 9.24. The summed E-state index contributed by atoms with van der Waals surface area (Å²) in [6.07, 6.45) is 0.364. The Labute approximate surface area is 237 Å². The Bertz CT molecular complexity index is 1250. The van der Waals surface area contributed by atoms with Gasteiger partial charge < -0.3 is 25.4 Å². The molecule has 3 fully saturated rings. The fourth-order valence-corrected chi connectivity index (χ4v) is 7.77. The van der Waals surface area contributed by atoms with Crippen LogP contribution in [-0.4, -0.2) is 63.0 Å². The molecule has 39 heavy (non-hydrogen) atoms. The number of amides is 3. The van der Waals surface area contributed by atoms with Crippen molar-refractivity contribution in [2.45, 2.75) is 69.2 Å². The fourth-order valence-electron chi connectivity index (χ4n) is 6.83. The maximum absolute atomic E-state index is 14.3. The van der Waals surface area contributed by atoms with Crippen molar-refractivity contribution in [2.75, 3.05) is 17.2 Å². The second kappa shape index (κ2) is 10.7. The number of aryl methyl sites for hydroxylation is 2. The lowest BCUT2D eigenvalue weighted by Gasteiger charge is -2.37. The Morgan fingerprint density at radius 3 is 2.36 bits per heavy atom. The molecule has 0 saturated carbocycles. The highest BCUT2D eigenvalue weighted by Gasteiger charge is 2.77. The molecular weight excluding hydrogens is 562 g/mol. The standard InChI is InChI=1S/C30H36BrN3O5/c1-16(2)13-20(15-35)34-26(28(37)33-24-17(3)9-8-10-18(24)4)30-14-21(31)25(39-30)22(23(30)29(34)38)27(36)32-19-11-6-5-7-12-19/h5-12,16,20-23,25-26,35H,13-15H2,1-4H3,(H,32,36)(H,33,37)/t20-,21?,22-,23+,25-,26?,30?/m1/s1. The quantitative estimate of drug-likeness (QED) is 0.398. The predicted molar refractivity (Wildman–Crippen MR) is 152 cm³/mol. The summed E-state index contributed by atoms with van der Waals surface area (Å²) in [6.45, 7) is 7.59. The molecule has 3 heterocycles. The molecule has 9 heteroatoms. The molecule has 2 bridgehead atoms. The molecule has 3 amide bonds. The van der Waals surface area contributed by atoms with E-state index in [4.69, 9.17) is 4.74 Å². The van der Waals surface area contributed by atoms with Crippen molar-refractivity contribution < 1.29 is 24.2 Å². The monoisotopic (exact) mass is 597 g/mol. The van der Waals surface area contributed by atoms with Gasteiger partial charge in [0.1, 0.15) is 11.6 Å². The first-order chi connectivity index (χ1) is 18.6. The molecule has 8 nitrogen and oxygen atoms in total. The first-order valence-corrected chi connectivity index (χ1v) is 14.5. The molecular formula is C30H36BrN3O5. The number of hydrogen-bond donors (Lipinski definition) is 3. The predicted octanol–water partition coefficient (Wildman–Crippen LogP) is 4.04. The van der Waals surface area contributed by atoms with Crippen LogP contribution in [0.4, 0.5) is 11.4 Å². The summed E-state index contributed by atoms with van der Waals surface area (Å²) in [5, 5.41) is 16.5. The smallest absolute Gasteiger partial charge is 0.250 e. The van der Waals surface area contributed by atoms with Gasteiger partial charge in [-0.1, -0.05) is 66.2 Å². The van der Waals surface area contributed by atoms with Crippen LogP contribution in [0.3, 0.4) is 0 Å². The number of para-hydroxylation sites is 2. The Morgan fingerprint density at radius 2 is 1.74 bits per heavy atom. The lowest BCUT2D eigenvalue weighted by atomic mass is 9.70. The van der Waals surface area contributed by atoms with Crippen LogP contribution >= 0.6 is 15.9 Å². The fraction of sp³-hybridized carbons (Fsp3) is 0.500. The molecule has 3 aliphatic heterocycles. The summed E-state index contributed by atoms with van der Waals surface area (Å²) >= 11 is 3.71. The van der Waals surface area contributed by atoms with Crippen LogP contribution in [0.25, 0.3) is 0 Å². The maximum atomic E-state index is 14.3. The molecule has 3 saturated heterocycles. The van der Waals surface area contributed by atoms with E-state index in [2.05, 4.69) is 26.6 Å². The van der Waals surface area contributed by atoms with Crippen LogP contribution in [0.15, 0.2) is 48.5 Å². The SMILES string of the molecule is Cc1cccc(C)c1NC(=O)C1N([C@@H](CO)CC(C)C)C(=O)[C@@H]2[C@@H](C(=O)Nc3ccccc3)[C@@H]3OC12CC3Br. The maximum Gasteiger partial charge on any atom is 0.250 e. The van der Waals surface area contributed by atoms with Crippen molar-refractivity contribution in [1.82, 2.24) is 4.90 Å². The molecule has 5 rings (SSSR count). The third kappa shape index (κ3) is 4.68. The van der Waals surface area contributed by atoms with Gasteiger partial charge in [0, 0.05) is 16.2 Å². The topological polar surface area (TPSA) is 108 Å². The van der Waals surface area contributed by atoms with Crippen LogP contribution in [0.2, 0.25) is 0 Å². The van der Waals surface area contributed by atoms with Gasteiger partial charge in [-0.15, -0.1) is 0 Å². The van der Waals surface area contributed by atoms with Gasteiger partial charge in [-0.2, -0.15) is 0 Å². The molecule has 0 radical (unpaired) electrons. The zero-order valence-corrected chi connectivity index (χ0v) is 24.3. The van der Waals surface area contributed by atoms with Crippen molar-refractivity contribution >= 4 is 45.0 Å². The largest absolute Gasteiger partial charge is 0.394 e. The number of rotatable bonds is 8. The van der Waals surface area contributed by atoms with Gasteiger partial charge in [-0.05, 0) is 55.9 Å². The van der Waals surface area contributed by atoms with E-state index < -0.39 is 35.6 Å². The first-order valence-electron chi connectivity index (χ1n) is 13.6. The van der Waals surface area contributed by atoms with Gasteiger partial charge in [-0.25, -0.2) is 0 Å². The van der Waals surface area contributed by atoms with Gasteiger partial charge >= 0.3 is 0 Å². The minimum atomic E-state index is -1.19. The number of carbonyl (C=O) groups excluding carboxylic acids is 3. The molecule has 2 aromatic rings. The molecule has 0 aromatic heterocycles. The Balaban J connectivity index is 1.56. The number of hydrogen-bond acceptors (Lipinski definition) is 5. The number of carbonyl (C=O) groups is 3. The number of nitrogens with one attached hydrogen (secondary N) is 2. The van der Waals surface area contributed by atoms with Crippen molar-refractivity contribution in [1.29, 1.82) is 0 Å². The molecule has 3 aliphatic rings. The minimum Gasteiger partial charge on any atom is -0.394 e. The molecule has 208 valence electrons. The zero-order chi connectivity index (χ0) is 28.1. The lowest BCUT2D eigenvalue weighted by Crippen LogP contribution is -2.57. The average Bonchev–Trinajstić information content (AvgIpc) is 3.48. The van der Waals surface area contributed by atoms with E-state index in [0.29, 0.717) is 24.2 Å². The number of ether oxygens (including phenoxy) is 1. The Hall–Kier alpha value is -2.75. The van der Waals surface area contributed by atoms with E-state index in [0.717, 1.165) is 11.1 Å². The summed E-state index contributed by atoms with van der Waals surface area (Å²) in [5.74, 6) is -2.43. The average molecular weight is 599 g/mol. The lowest BCUT2D eigenvalue weighted by molar-refractivity contribution is -0.143. The molecule has 3 unspecified atom stereocenters. The number of nitrogens with zero attached hydrogens (tertiary/aromatic N) is 1. The van der Waals surface area contributed by atoms with E-state index in [1.54, 1.807) is 12.1 Å². The Morgan fingerprint density at radius 1 is 1.08 bits per heavy atom. The highest BCUT2D eigenvalue weighted by atomic mass is 79.9. The van der Waals surface area contributed by atoms with Crippen molar-refractivity contribution in [3.8, 4) is 0 Å². The molecule has 3 N–H and O–H groups in total. The summed E-state index contributed by atoms with van der Waals surface area (Å²) in [4.78, 5) is 43.5. The minimum absolute atomic E-state index is 0.175. The zero-order valence-electron chi connectivity index (χ0n) is 22.7. The van der Waals surface area contributed by atoms with Crippen LogP contribution in [-0.2, 0) is 19.1 Å². The molecule has 2 aromatic carbocycles. The first kappa shape index (κ1) is 27.8. The normalized spacial score (nSPS) is 30.0. The molecule has 7 atom stereocenters. The number of likely N-dealkylation sites (tertiary alicyclic amines) is 1. The summed E-state index contributed by atoms with van der Waals surface area (Å²) in [7, 11) is 0. The number of halogens is 1. The summed E-state index contributed by atoms with van der Waals surface area (Å²) in [5.41, 5.74) is 1.94. The van der Waals surface area contributed by atoms with Crippen molar-refractivity contribution in [3.05, 3.63) is 59.7 Å². The van der Waals surface area contributed by atoms with Crippen LogP contribution in [0.1, 0.15) is 37.8 Å². The van der Waals surface area contributed by atoms with E-state index in [1.807, 2.05) is 64.1 Å². The highest BCUT2D eigenvalue weighted by Crippen LogP contribution is 2.60. The van der Waals surface area contributed by atoms with E-state index in [-0.39, 0.29) is 35.1 Å². The second-order valence-corrected chi connectivity index (χ2v) is 12.7. The number of alkyl halides is 1. The van der Waals surface area contributed by atoms with Crippen LogP contribution in [0.5, 0.6) is 0 Å². The third-order valence-electron chi connectivity index (χ3n) is 8.40. The van der Waals surface area contributed by atoms with E-state index in [9.17, 15) is 19.5 Å². The van der Waals surface area contributed by atoms with Gasteiger partial charge in [0.15, 0.2) is 0 Å². The van der Waals surface area contributed by atoms with Gasteiger partial charge in [0.05, 0.1) is 30.6 Å². The number of anilines is 2. The van der Waals surface area contributed by atoms with E-state index in [1.165, 1.54) is 4.90 Å². The molecule has 0 aliphatic carbocycles.